The number of rotatable bonds is 1. The molecule has 92 valence electrons. The first-order valence-corrected chi connectivity index (χ1v) is 5.67. The van der Waals surface area contributed by atoms with Crippen LogP contribution in [-0.4, -0.2) is 29.8 Å². The van der Waals surface area contributed by atoms with Crippen LogP contribution in [0, 0.1) is 0 Å². The summed E-state index contributed by atoms with van der Waals surface area (Å²) in [7, 11) is 1.57. The van der Waals surface area contributed by atoms with Gasteiger partial charge in [-0.3, -0.25) is 9.69 Å². The molecular formula is C12H9NO4S. The number of benzene rings is 1. The third-order valence-corrected chi connectivity index (χ3v) is 3.04. The van der Waals surface area contributed by atoms with Crippen molar-refractivity contribution >= 4 is 29.4 Å². The van der Waals surface area contributed by atoms with Crippen molar-refractivity contribution in [2.24, 2.45) is 0 Å². The van der Waals surface area contributed by atoms with Gasteiger partial charge in [-0.05, 0) is 36.0 Å². The highest BCUT2D eigenvalue weighted by molar-refractivity contribution is 7.80. The number of carbonyl (C=O) groups is 1. The fourth-order valence-electron chi connectivity index (χ4n) is 1.70. The highest BCUT2D eigenvalue weighted by atomic mass is 32.1. The average molecular weight is 263 g/mol. The van der Waals surface area contributed by atoms with Crippen molar-refractivity contribution in [2.45, 2.75) is 0 Å². The molecule has 0 spiro atoms. The molecule has 1 amide bonds. The summed E-state index contributed by atoms with van der Waals surface area (Å²) in [6.45, 7) is 0.220. The molecule has 1 saturated heterocycles. The van der Waals surface area contributed by atoms with E-state index < -0.39 is 0 Å². The molecule has 1 fully saturated rings. The highest BCUT2D eigenvalue weighted by Gasteiger charge is 2.30. The molecule has 2 aliphatic rings. The number of hydrogen-bond acceptors (Lipinski definition) is 5. The van der Waals surface area contributed by atoms with Crippen LogP contribution in [0.25, 0.3) is 6.08 Å². The van der Waals surface area contributed by atoms with Gasteiger partial charge in [-0.1, -0.05) is 6.07 Å². The van der Waals surface area contributed by atoms with Crippen molar-refractivity contribution in [3.05, 3.63) is 29.5 Å². The number of amides is 1. The van der Waals surface area contributed by atoms with Gasteiger partial charge < -0.3 is 14.2 Å². The van der Waals surface area contributed by atoms with Crippen molar-refractivity contribution in [1.29, 1.82) is 0 Å². The molecule has 0 radical (unpaired) electrons. The van der Waals surface area contributed by atoms with Crippen molar-refractivity contribution in [3.8, 4) is 11.5 Å². The molecule has 0 unspecified atom stereocenters. The predicted molar refractivity (Wildman–Crippen MR) is 67.0 cm³/mol. The Hall–Kier alpha value is -2.08. The van der Waals surface area contributed by atoms with Crippen LogP contribution in [0.4, 0.5) is 0 Å². The molecule has 1 aromatic carbocycles. The topological polar surface area (TPSA) is 48.0 Å². The smallest absolute Gasteiger partial charge is 0.296 e. The monoisotopic (exact) mass is 263 g/mol. The van der Waals surface area contributed by atoms with Gasteiger partial charge in [0.05, 0.1) is 0 Å². The third-order valence-electron chi connectivity index (χ3n) is 2.68. The van der Waals surface area contributed by atoms with E-state index in [1.54, 1.807) is 25.3 Å². The lowest BCUT2D eigenvalue weighted by Crippen LogP contribution is -2.22. The van der Waals surface area contributed by atoms with Crippen molar-refractivity contribution in [2.75, 3.05) is 13.8 Å². The van der Waals surface area contributed by atoms with Crippen molar-refractivity contribution in [1.82, 2.24) is 4.90 Å². The normalized spacial score (nSPS) is 19.6. The van der Waals surface area contributed by atoms with Crippen LogP contribution in [0.1, 0.15) is 5.56 Å². The minimum atomic E-state index is -0.252. The van der Waals surface area contributed by atoms with Crippen LogP contribution in [0.2, 0.25) is 0 Å². The van der Waals surface area contributed by atoms with Gasteiger partial charge in [0.1, 0.15) is 0 Å². The number of carbonyl (C=O) groups excluding carboxylic acids is 1. The van der Waals surface area contributed by atoms with E-state index in [0.29, 0.717) is 11.5 Å². The minimum Gasteiger partial charge on any atom is -0.454 e. The van der Waals surface area contributed by atoms with Crippen LogP contribution in [0.5, 0.6) is 11.5 Å². The Morgan fingerprint density at radius 2 is 2.11 bits per heavy atom. The first-order chi connectivity index (χ1) is 8.65. The van der Waals surface area contributed by atoms with Gasteiger partial charge in [0, 0.05) is 7.05 Å². The Balaban J connectivity index is 1.93. The van der Waals surface area contributed by atoms with Gasteiger partial charge >= 0.3 is 0 Å². The van der Waals surface area contributed by atoms with Gasteiger partial charge in [0.25, 0.3) is 11.1 Å². The quantitative estimate of drug-likeness (QED) is 0.568. The van der Waals surface area contributed by atoms with E-state index in [9.17, 15) is 4.79 Å². The standard InChI is InChI=1S/C12H9NO4S/c1-13-11(14)10(17-12(13)18)5-7-2-3-8-9(4-7)16-6-15-8/h2-5H,6H2,1H3/b10-5-. The molecule has 6 heteroatoms. The Kier molecular flexibility index (Phi) is 2.45. The third kappa shape index (κ3) is 1.70. The Bertz CT molecular complexity index is 581. The summed E-state index contributed by atoms with van der Waals surface area (Å²) in [6, 6.07) is 5.39. The number of likely N-dealkylation sites (N-methyl/N-ethyl adjacent to an activating group) is 1. The Labute approximate surface area is 109 Å². The fourth-order valence-corrected chi connectivity index (χ4v) is 1.87. The van der Waals surface area contributed by atoms with Gasteiger partial charge in [-0.25, -0.2) is 0 Å². The summed E-state index contributed by atoms with van der Waals surface area (Å²) in [5.41, 5.74) is 0.792. The largest absolute Gasteiger partial charge is 0.454 e. The van der Waals surface area contributed by atoms with E-state index in [1.807, 2.05) is 6.07 Å². The number of hydrogen-bond donors (Lipinski definition) is 0. The predicted octanol–water partition coefficient (Wildman–Crippen LogP) is 1.53. The average Bonchev–Trinajstić information content (AvgIpc) is 2.91. The second-order valence-electron chi connectivity index (χ2n) is 3.85. The molecule has 18 heavy (non-hydrogen) atoms. The number of fused-ring (bicyclic) bond motifs is 1. The molecule has 1 aromatic rings. The second kappa shape index (κ2) is 3.99. The molecule has 0 saturated carbocycles. The molecule has 0 bridgehead atoms. The van der Waals surface area contributed by atoms with E-state index in [1.165, 1.54) is 4.90 Å². The van der Waals surface area contributed by atoms with Crippen LogP contribution in [-0.2, 0) is 9.53 Å². The summed E-state index contributed by atoms with van der Waals surface area (Å²) in [5.74, 6) is 1.31. The molecule has 2 aliphatic heterocycles. The van der Waals surface area contributed by atoms with E-state index in [0.717, 1.165) is 5.56 Å². The first-order valence-electron chi connectivity index (χ1n) is 5.26. The summed E-state index contributed by atoms with van der Waals surface area (Å²) >= 11 is 4.89. The second-order valence-corrected chi connectivity index (χ2v) is 4.20. The zero-order valence-corrected chi connectivity index (χ0v) is 10.3. The molecule has 0 atom stereocenters. The lowest BCUT2D eigenvalue weighted by atomic mass is 10.2. The van der Waals surface area contributed by atoms with Crippen LogP contribution in [0.3, 0.4) is 0 Å². The summed E-state index contributed by atoms with van der Waals surface area (Å²) in [4.78, 5) is 13.0. The zero-order valence-electron chi connectivity index (χ0n) is 9.50. The van der Waals surface area contributed by atoms with Crippen LogP contribution >= 0.6 is 12.2 Å². The van der Waals surface area contributed by atoms with Gasteiger partial charge in [-0.2, -0.15) is 0 Å². The highest BCUT2D eigenvalue weighted by Crippen LogP contribution is 2.33. The molecule has 3 rings (SSSR count). The van der Waals surface area contributed by atoms with Crippen molar-refractivity contribution in [3.63, 3.8) is 0 Å². The van der Waals surface area contributed by atoms with Crippen molar-refractivity contribution < 1.29 is 19.0 Å². The molecule has 5 nitrogen and oxygen atoms in total. The van der Waals surface area contributed by atoms with Gasteiger partial charge in [0.2, 0.25) is 6.79 Å². The first kappa shape index (κ1) is 11.0. The van der Waals surface area contributed by atoms with Crippen LogP contribution < -0.4 is 9.47 Å². The fraction of sp³-hybridized carbons (Fsp3) is 0.167. The number of ether oxygens (including phenoxy) is 3. The van der Waals surface area contributed by atoms with Gasteiger partial charge in [0.15, 0.2) is 17.3 Å². The van der Waals surface area contributed by atoms with E-state index in [2.05, 4.69) is 0 Å². The maximum Gasteiger partial charge on any atom is 0.296 e. The summed E-state index contributed by atoms with van der Waals surface area (Å²) in [6.07, 6.45) is 1.63. The lowest BCUT2D eigenvalue weighted by molar-refractivity contribution is -0.122. The Morgan fingerprint density at radius 1 is 1.33 bits per heavy atom. The molecular weight excluding hydrogens is 254 g/mol. The summed E-state index contributed by atoms with van der Waals surface area (Å²) in [5, 5.41) is 0.159. The number of thiocarbonyl (C=S) groups is 1. The number of nitrogens with zero attached hydrogens (tertiary/aromatic N) is 1. The van der Waals surface area contributed by atoms with Gasteiger partial charge in [-0.15, -0.1) is 0 Å². The minimum absolute atomic E-state index is 0.159. The lowest BCUT2D eigenvalue weighted by Gasteiger charge is -2.00. The van der Waals surface area contributed by atoms with E-state index >= 15 is 0 Å². The Morgan fingerprint density at radius 3 is 2.83 bits per heavy atom. The zero-order chi connectivity index (χ0) is 12.7. The molecule has 0 N–H and O–H groups in total. The van der Waals surface area contributed by atoms with Crippen LogP contribution in [0.15, 0.2) is 24.0 Å². The molecule has 0 aliphatic carbocycles. The maximum atomic E-state index is 11.7. The van der Waals surface area contributed by atoms with E-state index in [4.69, 9.17) is 26.4 Å². The SMILES string of the molecule is CN1C(=O)/C(=C/c2ccc3c(c2)OCO3)OC1=S. The molecule has 2 heterocycles. The molecule has 0 aromatic heterocycles. The maximum absolute atomic E-state index is 11.7. The summed E-state index contributed by atoms with van der Waals surface area (Å²) < 4.78 is 15.7. The van der Waals surface area contributed by atoms with E-state index in [-0.39, 0.29) is 23.6 Å².